The minimum atomic E-state index is -0.175. The molecule has 2 atom stereocenters. The van der Waals surface area contributed by atoms with Crippen LogP contribution in [0.3, 0.4) is 0 Å². The first-order valence-corrected chi connectivity index (χ1v) is 9.62. The van der Waals surface area contributed by atoms with Crippen LogP contribution in [0.25, 0.3) is 0 Å². The van der Waals surface area contributed by atoms with Crippen molar-refractivity contribution >= 4 is 11.7 Å². The zero-order chi connectivity index (χ0) is 20.4. The number of aromatic nitrogens is 4. The molecule has 28 heavy (non-hydrogen) atoms. The maximum Gasteiger partial charge on any atom is 0.291 e. The normalized spacial score (nSPS) is 17.6. The SMILES string of the molecule is Cc1ncncc1C(C)N[C@@H]1CCN(c2nc(C(=O)N(C)C)nc(C)c2C)C1. The van der Waals surface area contributed by atoms with Crippen molar-refractivity contribution in [1.82, 2.24) is 30.2 Å². The maximum atomic E-state index is 12.3. The number of hydrogen-bond acceptors (Lipinski definition) is 7. The second-order valence-electron chi connectivity index (χ2n) is 7.66. The van der Waals surface area contributed by atoms with Gasteiger partial charge in [-0.25, -0.2) is 19.9 Å². The number of rotatable bonds is 5. The first kappa shape index (κ1) is 20.1. The molecule has 150 valence electrons. The number of aryl methyl sites for hydroxylation is 2. The highest BCUT2D eigenvalue weighted by Gasteiger charge is 2.28. The molecule has 0 bridgehead atoms. The van der Waals surface area contributed by atoms with Crippen LogP contribution in [0, 0.1) is 20.8 Å². The van der Waals surface area contributed by atoms with Crippen molar-refractivity contribution in [2.24, 2.45) is 0 Å². The van der Waals surface area contributed by atoms with Gasteiger partial charge in [0.15, 0.2) is 0 Å². The molecule has 3 heterocycles. The van der Waals surface area contributed by atoms with Gasteiger partial charge in [0.05, 0.1) is 0 Å². The number of nitrogens with one attached hydrogen (secondary N) is 1. The number of anilines is 1. The summed E-state index contributed by atoms with van der Waals surface area (Å²) in [6.45, 7) is 9.82. The zero-order valence-corrected chi connectivity index (χ0v) is 17.5. The van der Waals surface area contributed by atoms with Crippen molar-refractivity contribution in [3.05, 3.63) is 40.9 Å². The molecule has 1 aliphatic rings. The Morgan fingerprint density at radius 1 is 1.25 bits per heavy atom. The van der Waals surface area contributed by atoms with E-state index in [2.05, 4.69) is 37.1 Å². The highest BCUT2D eigenvalue weighted by molar-refractivity contribution is 5.90. The predicted octanol–water partition coefficient (Wildman–Crippen LogP) is 1.82. The summed E-state index contributed by atoms with van der Waals surface area (Å²) in [5.74, 6) is 0.935. The third-order valence-electron chi connectivity index (χ3n) is 5.35. The number of nitrogens with zero attached hydrogens (tertiary/aromatic N) is 6. The lowest BCUT2D eigenvalue weighted by molar-refractivity contribution is 0.0815. The van der Waals surface area contributed by atoms with Crippen molar-refractivity contribution < 1.29 is 4.79 Å². The summed E-state index contributed by atoms with van der Waals surface area (Å²) >= 11 is 0. The van der Waals surface area contributed by atoms with Gasteiger partial charge in [-0.3, -0.25) is 4.79 Å². The number of hydrogen-bond donors (Lipinski definition) is 1. The van der Waals surface area contributed by atoms with Gasteiger partial charge in [0.1, 0.15) is 12.1 Å². The zero-order valence-electron chi connectivity index (χ0n) is 17.5. The van der Waals surface area contributed by atoms with Gasteiger partial charge in [-0.15, -0.1) is 0 Å². The summed E-state index contributed by atoms with van der Waals surface area (Å²) in [5.41, 5.74) is 3.99. The van der Waals surface area contributed by atoms with Gasteiger partial charge in [-0.05, 0) is 34.1 Å². The number of amides is 1. The van der Waals surface area contributed by atoms with Crippen LogP contribution >= 0.6 is 0 Å². The molecule has 0 aliphatic carbocycles. The predicted molar refractivity (Wildman–Crippen MR) is 108 cm³/mol. The topological polar surface area (TPSA) is 87.1 Å². The number of carbonyl (C=O) groups excluding carboxylic acids is 1. The van der Waals surface area contributed by atoms with Gasteiger partial charge in [-0.1, -0.05) is 0 Å². The van der Waals surface area contributed by atoms with E-state index in [0.29, 0.717) is 6.04 Å². The highest BCUT2D eigenvalue weighted by atomic mass is 16.2. The third kappa shape index (κ3) is 4.11. The van der Waals surface area contributed by atoms with Crippen molar-refractivity contribution in [1.29, 1.82) is 0 Å². The molecule has 0 saturated carbocycles. The molecular formula is C20H29N7O. The quantitative estimate of drug-likeness (QED) is 0.843. The van der Waals surface area contributed by atoms with E-state index < -0.39 is 0 Å². The first-order valence-electron chi connectivity index (χ1n) is 9.62. The van der Waals surface area contributed by atoms with Gasteiger partial charge < -0.3 is 15.1 Å². The molecule has 0 aromatic carbocycles. The smallest absolute Gasteiger partial charge is 0.291 e. The van der Waals surface area contributed by atoms with Crippen molar-refractivity contribution in [2.75, 3.05) is 32.1 Å². The van der Waals surface area contributed by atoms with E-state index in [1.165, 1.54) is 4.90 Å². The van der Waals surface area contributed by atoms with Crippen LogP contribution in [0.5, 0.6) is 0 Å². The van der Waals surface area contributed by atoms with E-state index in [9.17, 15) is 4.79 Å². The summed E-state index contributed by atoms with van der Waals surface area (Å²) in [6, 6.07) is 0.502. The molecular weight excluding hydrogens is 354 g/mol. The monoisotopic (exact) mass is 383 g/mol. The summed E-state index contributed by atoms with van der Waals surface area (Å²) in [7, 11) is 3.43. The average molecular weight is 384 g/mol. The molecule has 1 N–H and O–H groups in total. The minimum absolute atomic E-state index is 0.172. The Hall–Kier alpha value is -2.61. The average Bonchev–Trinajstić information content (AvgIpc) is 3.11. The molecule has 0 spiro atoms. The van der Waals surface area contributed by atoms with Crippen LogP contribution in [-0.2, 0) is 0 Å². The van der Waals surface area contributed by atoms with Crippen LogP contribution in [0.4, 0.5) is 5.82 Å². The summed E-state index contributed by atoms with van der Waals surface area (Å²) in [4.78, 5) is 33.5. The van der Waals surface area contributed by atoms with Crippen LogP contribution in [0.2, 0.25) is 0 Å². The molecule has 2 aromatic heterocycles. The Kier molecular flexibility index (Phi) is 5.88. The van der Waals surface area contributed by atoms with E-state index in [4.69, 9.17) is 0 Å². The standard InChI is InChI=1S/C20H29N7O/c1-12-13(2)24-18(20(28)26(5)6)25-19(12)27-8-7-16(10-27)23-15(4)17-9-21-11-22-14(17)3/h9,11,15-16,23H,7-8,10H2,1-6H3/t15?,16-/m1/s1. The van der Waals surface area contributed by atoms with Crippen molar-refractivity contribution in [2.45, 2.75) is 46.2 Å². The summed E-state index contributed by atoms with van der Waals surface area (Å²) in [5, 5.41) is 3.69. The number of carbonyl (C=O) groups is 1. The third-order valence-corrected chi connectivity index (χ3v) is 5.35. The molecule has 1 saturated heterocycles. The van der Waals surface area contributed by atoms with E-state index in [0.717, 1.165) is 47.8 Å². The van der Waals surface area contributed by atoms with Crippen molar-refractivity contribution in [3.8, 4) is 0 Å². The van der Waals surface area contributed by atoms with Gasteiger partial charge in [-0.2, -0.15) is 0 Å². The molecule has 8 heteroatoms. The molecule has 3 rings (SSSR count). The first-order chi connectivity index (χ1) is 13.3. The van der Waals surface area contributed by atoms with E-state index in [1.54, 1.807) is 20.4 Å². The Bertz CT molecular complexity index is 868. The van der Waals surface area contributed by atoms with Gasteiger partial charge in [0.25, 0.3) is 5.91 Å². The van der Waals surface area contributed by atoms with E-state index >= 15 is 0 Å². The Labute approximate surface area is 166 Å². The van der Waals surface area contributed by atoms with Crippen LogP contribution in [0.1, 0.15) is 52.5 Å². The maximum absolute atomic E-state index is 12.3. The molecule has 0 radical (unpaired) electrons. The molecule has 8 nitrogen and oxygen atoms in total. The van der Waals surface area contributed by atoms with Gasteiger partial charge >= 0.3 is 0 Å². The lowest BCUT2D eigenvalue weighted by atomic mass is 10.1. The van der Waals surface area contributed by atoms with Gasteiger partial charge in [0, 0.05) is 68.0 Å². The van der Waals surface area contributed by atoms with Crippen LogP contribution in [0.15, 0.2) is 12.5 Å². The summed E-state index contributed by atoms with van der Waals surface area (Å²) < 4.78 is 0. The largest absolute Gasteiger partial charge is 0.355 e. The second kappa shape index (κ2) is 8.18. The fourth-order valence-corrected chi connectivity index (χ4v) is 3.58. The van der Waals surface area contributed by atoms with E-state index in [1.807, 2.05) is 27.0 Å². The Morgan fingerprint density at radius 2 is 2.00 bits per heavy atom. The van der Waals surface area contributed by atoms with Crippen molar-refractivity contribution in [3.63, 3.8) is 0 Å². The fourth-order valence-electron chi connectivity index (χ4n) is 3.58. The molecule has 1 amide bonds. The lowest BCUT2D eigenvalue weighted by Gasteiger charge is -2.23. The lowest BCUT2D eigenvalue weighted by Crippen LogP contribution is -2.35. The Morgan fingerprint density at radius 3 is 2.68 bits per heavy atom. The fraction of sp³-hybridized carbons (Fsp3) is 0.550. The molecule has 1 fully saturated rings. The Balaban J connectivity index is 1.75. The van der Waals surface area contributed by atoms with Crippen LogP contribution in [-0.4, -0.2) is 64.0 Å². The summed E-state index contributed by atoms with van der Waals surface area (Å²) in [6.07, 6.45) is 4.47. The molecule has 1 aliphatic heterocycles. The second-order valence-corrected chi connectivity index (χ2v) is 7.66. The van der Waals surface area contributed by atoms with Crippen LogP contribution < -0.4 is 10.2 Å². The molecule has 1 unspecified atom stereocenters. The van der Waals surface area contributed by atoms with Gasteiger partial charge in [0.2, 0.25) is 5.82 Å². The minimum Gasteiger partial charge on any atom is -0.355 e. The highest BCUT2D eigenvalue weighted by Crippen LogP contribution is 2.25. The van der Waals surface area contributed by atoms with E-state index in [-0.39, 0.29) is 17.8 Å². The molecule has 2 aromatic rings.